The number of carbonyl (C=O) groups is 2. The first-order chi connectivity index (χ1) is 11.9. The third-order valence-electron chi connectivity index (χ3n) is 3.54. The Bertz CT molecular complexity index is 781. The maximum absolute atomic E-state index is 12.2. The molecule has 0 aromatic heterocycles. The molecule has 0 heterocycles. The summed E-state index contributed by atoms with van der Waals surface area (Å²) in [5.41, 5.74) is 2.27. The Labute approximate surface area is 157 Å². The predicted octanol–water partition coefficient (Wildman–Crippen LogP) is 4.02. The van der Waals surface area contributed by atoms with Gasteiger partial charge in [0, 0.05) is 42.3 Å². The van der Waals surface area contributed by atoms with Gasteiger partial charge in [-0.15, -0.1) is 0 Å². The molecule has 1 N–H and O–H groups in total. The molecule has 0 fully saturated rings. The van der Waals surface area contributed by atoms with Gasteiger partial charge in [-0.05, 0) is 47.5 Å². The summed E-state index contributed by atoms with van der Waals surface area (Å²) < 4.78 is 0. The van der Waals surface area contributed by atoms with Crippen molar-refractivity contribution in [3.05, 3.63) is 75.3 Å². The second-order valence-electron chi connectivity index (χ2n) is 5.51. The van der Waals surface area contributed by atoms with Crippen LogP contribution in [0.2, 0.25) is 10.0 Å². The number of carbonyl (C=O) groups excluding carboxylic acids is 2. The Morgan fingerprint density at radius 1 is 1.08 bits per heavy atom. The number of hydrogen-bond donors (Lipinski definition) is 1. The molecule has 0 atom stereocenters. The minimum atomic E-state index is -0.147. The van der Waals surface area contributed by atoms with Crippen molar-refractivity contribution >= 4 is 41.1 Å². The van der Waals surface area contributed by atoms with Crippen LogP contribution < -0.4 is 5.32 Å². The average Bonchev–Trinajstić information content (AvgIpc) is 2.58. The van der Waals surface area contributed by atoms with Crippen LogP contribution in [-0.2, 0) is 11.3 Å². The van der Waals surface area contributed by atoms with Crippen LogP contribution in [0.4, 0.5) is 0 Å². The summed E-state index contributed by atoms with van der Waals surface area (Å²) in [6.07, 6.45) is 3.15. The average molecular weight is 377 g/mol. The van der Waals surface area contributed by atoms with Crippen molar-refractivity contribution in [3.8, 4) is 0 Å². The number of rotatable bonds is 5. The Kier molecular flexibility index (Phi) is 6.62. The van der Waals surface area contributed by atoms with E-state index in [1.54, 1.807) is 55.4 Å². The molecule has 0 radical (unpaired) electrons. The first-order valence-corrected chi connectivity index (χ1v) is 8.35. The molecule has 2 aromatic carbocycles. The van der Waals surface area contributed by atoms with Crippen molar-refractivity contribution in [1.82, 2.24) is 10.2 Å². The van der Waals surface area contributed by atoms with Crippen molar-refractivity contribution in [2.75, 3.05) is 14.1 Å². The molecule has 2 amide bonds. The van der Waals surface area contributed by atoms with Gasteiger partial charge in [-0.2, -0.15) is 0 Å². The van der Waals surface area contributed by atoms with Crippen LogP contribution in [0.3, 0.4) is 0 Å². The highest BCUT2D eigenvalue weighted by atomic mass is 35.5. The van der Waals surface area contributed by atoms with E-state index in [0.717, 1.165) is 11.1 Å². The molecule has 2 aromatic rings. The molecule has 0 aliphatic carbocycles. The fourth-order valence-corrected chi connectivity index (χ4v) is 2.77. The Balaban J connectivity index is 2.00. The highest BCUT2D eigenvalue weighted by molar-refractivity contribution is 6.34. The molecule has 2 rings (SSSR count). The zero-order valence-electron chi connectivity index (χ0n) is 13.9. The van der Waals surface area contributed by atoms with E-state index in [4.69, 9.17) is 23.2 Å². The summed E-state index contributed by atoms with van der Waals surface area (Å²) in [5, 5.41) is 3.60. The fraction of sp³-hybridized carbons (Fsp3) is 0.158. The summed E-state index contributed by atoms with van der Waals surface area (Å²) in [7, 11) is 3.30. The van der Waals surface area contributed by atoms with E-state index in [1.165, 1.54) is 6.08 Å². The third kappa shape index (κ3) is 5.62. The summed E-state index contributed by atoms with van der Waals surface area (Å²) in [4.78, 5) is 25.3. The van der Waals surface area contributed by atoms with Crippen molar-refractivity contribution < 1.29 is 9.59 Å². The highest BCUT2D eigenvalue weighted by Gasteiger charge is 2.07. The first-order valence-electron chi connectivity index (χ1n) is 7.59. The Morgan fingerprint density at radius 2 is 1.68 bits per heavy atom. The molecule has 25 heavy (non-hydrogen) atoms. The number of amides is 2. The van der Waals surface area contributed by atoms with Gasteiger partial charge in [0.15, 0.2) is 0 Å². The lowest BCUT2D eigenvalue weighted by atomic mass is 10.1. The minimum Gasteiger partial charge on any atom is -0.355 e. The van der Waals surface area contributed by atoms with Crippen LogP contribution in [0.25, 0.3) is 6.08 Å². The molecule has 0 unspecified atom stereocenters. The van der Waals surface area contributed by atoms with Crippen LogP contribution in [0, 0.1) is 0 Å². The van der Waals surface area contributed by atoms with Crippen LogP contribution in [-0.4, -0.2) is 30.8 Å². The maximum Gasteiger partial charge on any atom is 0.251 e. The normalized spacial score (nSPS) is 10.7. The van der Waals surface area contributed by atoms with Gasteiger partial charge in [0.2, 0.25) is 5.91 Å². The molecule has 0 spiro atoms. The van der Waals surface area contributed by atoms with E-state index in [2.05, 4.69) is 5.32 Å². The van der Waals surface area contributed by atoms with Gasteiger partial charge in [0.05, 0.1) is 0 Å². The molecule has 0 aliphatic heterocycles. The Morgan fingerprint density at radius 3 is 2.24 bits per heavy atom. The van der Waals surface area contributed by atoms with Crippen molar-refractivity contribution in [2.45, 2.75) is 6.54 Å². The smallest absolute Gasteiger partial charge is 0.251 e. The molecular weight excluding hydrogens is 359 g/mol. The highest BCUT2D eigenvalue weighted by Crippen LogP contribution is 2.20. The molecule has 0 aliphatic rings. The molecule has 4 nitrogen and oxygen atoms in total. The van der Waals surface area contributed by atoms with Gasteiger partial charge in [0.25, 0.3) is 5.91 Å². The SMILES string of the molecule is CNC(=O)c1ccc(CN(C)C(=O)/C=C/c2cc(Cl)cc(Cl)c2)cc1. The quantitative estimate of drug-likeness (QED) is 0.800. The molecule has 0 bridgehead atoms. The van der Waals surface area contributed by atoms with Gasteiger partial charge in [0.1, 0.15) is 0 Å². The lowest BCUT2D eigenvalue weighted by Crippen LogP contribution is -2.24. The monoisotopic (exact) mass is 376 g/mol. The summed E-state index contributed by atoms with van der Waals surface area (Å²) in [6, 6.07) is 12.2. The van der Waals surface area contributed by atoms with Crippen LogP contribution in [0.5, 0.6) is 0 Å². The van der Waals surface area contributed by atoms with Crippen molar-refractivity contribution in [2.24, 2.45) is 0 Å². The molecule has 0 saturated heterocycles. The zero-order chi connectivity index (χ0) is 18.4. The predicted molar refractivity (Wildman–Crippen MR) is 102 cm³/mol. The van der Waals surface area contributed by atoms with E-state index >= 15 is 0 Å². The van der Waals surface area contributed by atoms with Gasteiger partial charge < -0.3 is 10.2 Å². The first kappa shape index (κ1) is 19.0. The number of halogens is 2. The number of likely N-dealkylation sites (N-methyl/N-ethyl adjacent to an activating group) is 1. The molecule has 6 heteroatoms. The topological polar surface area (TPSA) is 49.4 Å². The van der Waals surface area contributed by atoms with E-state index in [0.29, 0.717) is 22.2 Å². The van der Waals surface area contributed by atoms with Gasteiger partial charge in [-0.25, -0.2) is 0 Å². The van der Waals surface area contributed by atoms with Crippen LogP contribution >= 0.6 is 23.2 Å². The second-order valence-corrected chi connectivity index (χ2v) is 6.38. The van der Waals surface area contributed by atoms with Gasteiger partial charge in [-0.1, -0.05) is 35.3 Å². The molecule has 0 saturated carbocycles. The van der Waals surface area contributed by atoms with E-state index < -0.39 is 0 Å². The van der Waals surface area contributed by atoms with E-state index in [9.17, 15) is 9.59 Å². The maximum atomic E-state index is 12.2. The standard InChI is InChI=1S/C19H18Cl2N2O2/c1-22-19(25)15-6-3-13(4-7-15)12-23(2)18(24)8-5-14-9-16(20)11-17(21)10-14/h3-11H,12H2,1-2H3,(H,22,25)/b8-5+. The number of nitrogens with one attached hydrogen (secondary N) is 1. The van der Waals surface area contributed by atoms with E-state index in [-0.39, 0.29) is 11.8 Å². The van der Waals surface area contributed by atoms with Gasteiger partial charge >= 0.3 is 0 Å². The lowest BCUT2D eigenvalue weighted by Gasteiger charge is -2.15. The summed E-state index contributed by atoms with van der Waals surface area (Å²) in [6.45, 7) is 0.438. The Hall–Kier alpha value is -2.30. The minimum absolute atomic E-state index is 0.140. The van der Waals surface area contributed by atoms with E-state index in [1.807, 2.05) is 12.1 Å². The number of hydrogen-bond acceptors (Lipinski definition) is 2. The molecular formula is C19H18Cl2N2O2. The fourth-order valence-electron chi connectivity index (χ4n) is 2.22. The summed E-state index contributed by atoms with van der Waals surface area (Å²) >= 11 is 11.9. The van der Waals surface area contributed by atoms with Crippen molar-refractivity contribution in [3.63, 3.8) is 0 Å². The second kappa shape index (κ2) is 8.70. The van der Waals surface area contributed by atoms with Crippen LogP contribution in [0.1, 0.15) is 21.5 Å². The van der Waals surface area contributed by atoms with Gasteiger partial charge in [-0.3, -0.25) is 9.59 Å². The van der Waals surface area contributed by atoms with Crippen molar-refractivity contribution in [1.29, 1.82) is 0 Å². The summed E-state index contributed by atoms with van der Waals surface area (Å²) in [5.74, 6) is -0.287. The molecule has 130 valence electrons. The van der Waals surface area contributed by atoms with Crippen LogP contribution in [0.15, 0.2) is 48.5 Å². The zero-order valence-corrected chi connectivity index (χ0v) is 15.4. The largest absolute Gasteiger partial charge is 0.355 e. The third-order valence-corrected chi connectivity index (χ3v) is 3.98. The number of nitrogens with zero attached hydrogens (tertiary/aromatic N) is 1. The number of benzene rings is 2. The lowest BCUT2D eigenvalue weighted by molar-refractivity contribution is -0.125.